The number of nitrogens with two attached hydrogens (primary N) is 1. The maximum Gasteiger partial charge on any atom is 0.433 e. The fraction of sp³-hybridized carbons (Fsp3) is 0.667. The van der Waals surface area contributed by atoms with Crippen LogP contribution in [0.2, 0.25) is 18.1 Å². The Morgan fingerprint density at radius 3 is 1.83 bits per heavy atom. The van der Waals surface area contributed by atoms with Gasteiger partial charge in [-0.1, -0.05) is 60.8 Å². The summed E-state index contributed by atoms with van der Waals surface area (Å²) < 4.78 is 106. The lowest BCUT2D eigenvalue weighted by molar-refractivity contribution is -0.149. The molecule has 0 aliphatic heterocycles. The number of unbranched alkanes of at least 4 members (excludes halogenated alkanes) is 3. The van der Waals surface area contributed by atoms with Gasteiger partial charge in [-0.05, 0) is 87.7 Å². The van der Waals surface area contributed by atoms with Crippen molar-refractivity contribution in [1.29, 1.82) is 0 Å². The molecule has 18 heteroatoms. The molecule has 0 bridgehead atoms. The zero-order valence-electron chi connectivity index (χ0n) is 38.1. The molecule has 0 spiro atoms. The first-order valence-electron chi connectivity index (χ1n) is 22.6. The van der Waals surface area contributed by atoms with Crippen molar-refractivity contribution >= 4 is 25.9 Å². The first-order valence-corrected chi connectivity index (χ1v) is 25.1. The van der Waals surface area contributed by atoms with Gasteiger partial charge < -0.3 is 34.0 Å². The average molecular weight is 914 g/mol. The highest BCUT2D eigenvalue weighted by Gasteiger charge is 2.44. The molecule has 1 atom stereocenters. The molecule has 1 aliphatic rings. The number of nitrogens with zero attached hydrogens (tertiary/aromatic N) is 4. The smallest absolute Gasteiger partial charge is 0.433 e. The Labute approximate surface area is 370 Å². The van der Waals surface area contributed by atoms with Crippen molar-refractivity contribution in [2.45, 2.75) is 156 Å². The fourth-order valence-corrected chi connectivity index (χ4v) is 10.1. The molecule has 1 aliphatic carbocycles. The monoisotopic (exact) mass is 913 g/mol. The number of amides is 1. The summed E-state index contributed by atoms with van der Waals surface area (Å²) in [5.41, 5.74) is 3.65. The number of hydrogen-bond acceptors (Lipinski definition) is 11. The predicted molar refractivity (Wildman–Crippen MR) is 234 cm³/mol. The number of rotatable bonds is 27. The Morgan fingerprint density at radius 2 is 1.37 bits per heavy atom. The quantitative estimate of drug-likeness (QED) is 0.0229. The van der Waals surface area contributed by atoms with Gasteiger partial charge in [0.15, 0.2) is 14.0 Å². The second-order valence-electron chi connectivity index (χ2n) is 15.8. The molecule has 0 radical (unpaired) electrons. The topological polar surface area (TPSA) is 148 Å². The maximum absolute atomic E-state index is 15.2. The largest absolute Gasteiger partial charge is 0.477 e. The zero-order chi connectivity index (χ0) is 46.6. The number of aliphatic imine (C=N–C) groups is 1. The van der Waals surface area contributed by atoms with Crippen molar-refractivity contribution in [2.75, 3.05) is 33.0 Å². The van der Waals surface area contributed by atoms with Crippen LogP contribution in [0.3, 0.4) is 0 Å². The predicted octanol–water partition coefficient (Wildman–Crippen LogP) is 10.4. The Hall–Kier alpha value is -4.32. The molecular formula is C45H68F5N5O7Si. The van der Waals surface area contributed by atoms with Gasteiger partial charge in [0.25, 0.3) is 5.91 Å². The lowest BCUT2D eigenvalue weighted by atomic mass is 9.86. The highest BCUT2D eigenvalue weighted by molar-refractivity contribution is 6.73. The van der Waals surface area contributed by atoms with Crippen LogP contribution in [0.4, 0.5) is 22.0 Å². The second kappa shape index (κ2) is 26.5. The van der Waals surface area contributed by atoms with Crippen LogP contribution < -0.4 is 19.9 Å². The number of halogens is 5. The third-order valence-corrected chi connectivity index (χ3v) is 15.9. The highest BCUT2D eigenvalue weighted by Crippen LogP contribution is 2.41. The van der Waals surface area contributed by atoms with Crippen molar-refractivity contribution in [3.63, 3.8) is 0 Å². The van der Waals surface area contributed by atoms with E-state index in [9.17, 15) is 18.4 Å². The van der Waals surface area contributed by atoms with Gasteiger partial charge in [0.05, 0.1) is 56.6 Å². The van der Waals surface area contributed by atoms with E-state index in [0.29, 0.717) is 49.8 Å². The van der Waals surface area contributed by atoms with E-state index in [4.69, 9.17) is 29.1 Å². The summed E-state index contributed by atoms with van der Waals surface area (Å²) in [6, 6.07) is 3.66. The Kier molecular flexibility index (Phi) is 22.3. The number of ether oxygens (including phenoxy) is 4. The minimum absolute atomic E-state index is 0.00670. The summed E-state index contributed by atoms with van der Waals surface area (Å²) in [4.78, 5) is 41.7. The van der Waals surface area contributed by atoms with Crippen molar-refractivity contribution in [3.8, 4) is 17.8 Å². The summed E-state index contributed by atoms with van der Waals surface area (Å²) >= 11 is 0. The maximum atomic E-state index is 15.2. The average Bonchev–Trinajstić information content (AvgIpc) is 3.24. The first kappa shape index (κ1) is 53.0. The third kappa shape index (κ3) is 16.0. The molecule has 1 unspecified atom stereocenters. The zero-order valence-corrected chi connectivity index (χ0v) is 39.1. The van der Waals surface area contributed by atoms with Gasteiger partial charge >= 0.3 is 18.2 Å². The molecule has 2 N–H and O–H groups in total. The van der Waals surface area contributed by atoms with Crippen LogP contribution in [-0.2, 0) is 25.3 Å². The van der Waals surface area contributed by atoms with Crippen LogP contribution in [0.25, 0.3) is 0 Å². The van der Waals surface area contributed by atoms with E-state index in [1.54, 1.807) is 6.92 Å². The van der Waals surface area contributed by atoms with Crippen LogP contribution in [-0.4, -0.2) is 86.0 Å². The van der Waals surface area contributed by atoms with Gasteiger partial charge in [0.2, 0.25) is 11.8 Å². The summed E-state index contributed by atoms with van der Waals surface area (Å²) in [5, 5.41) is 0. The molecule has 1 aromatic heterocycles. The summed E-state index contributed by atoms with van der Waals surface area (Å²) in [7, 11) is -2.70. The number of carbonyl (C=O) groups excluding carboxylic acids is 2. The van der Waals surface area contributed by atoms with Gasteiger partial charge in [-0.2, -0.15) is 23.1 Å². The lowest BCUT2D eigenvalue weighted by Crippen LogP contribution is -2.44. The van der Waals surface area contributed by atoms with Gasteiger partial charge in [-0.3, -0.25) is 14.6 Å². The molecule has 3 rings (SSSR count). The third-order valence-electron chi connectivity index (χ3n) is 11.2. The van der Waals surface area contributed by atoms with E-state index in [0.717, 1.165) is 42.7 Å². The molecule has 63 heavy (non-hydrogen) atoms. The van der Waals surface area contributed by atoms with Gasteiger partial charge in [-0.25, -0.2) is 8.78 Å². The summed E-state index contributed by atoms with van der Waals surface area (Å²) in [6.45, 7) is 13.6. The molecule has 2 aromatic rings. The van der Waals surface area contributed by atoms with Crippen LogP contribution >= 0.6 is 0 Å². The van der Waals surface area contributed by atoms with Crippen molar-refractivity contribution < 1.29 is 54.9 Å². The van der Waals surface area contributed by atoms with Gasteiger partial charge in [0, 0.05) is 18.8 Å². The molecule has 0 saturated heterocycles. The molecule has 1 saturated carbocycles. The Balaban J connectivity index is 2.31. The number of alkyl halides is 3. The first-order chi connectivity index (χ1) is 30.1. The molecular weight excluding hydrogens is 846 g/mol. The van der Waals surface area contributed by atoms with Gasteiger partial charge in [0.1, 0.15) is 17.2 Å². The molecule has 1 amide bonds. The number of benzene rings is 1. The number of esters is 1. The number of hydrogen-bond donors (Lipinski definition) is 1. The molecule has 12 nitrogen and oxygen atoms in total. The van der Waals surface area contributed by atoms with Crippen LogP contribution in [0.15, 0.2) is 35.0 Å². The highest BCUT2D eigenvalue weighted by atomic mass is 28.4. The standard InChI is InChI=1S/C45H68F5N5O7Si/c1-8-15-22-59-40-38(41(60-23-16-9-2)54-44(53-40)61-24-17-10-3)37(62-63(12-5,13-6)14-7)30-55(29-31-25-33(46)27-34(47)26-31)42(56)36(28-51)39(45(48,49)50)52-35-20-18-32(19-21-35)43(57)58-11-4/h25-28,32,35,37H,8-24,29-30,51H2,1-7H3. The second-order valence-corrected chi connectivity index (χ2v) is 20.5. The van der Waals surface area contributed by atoms with Crippen LogP contribution in [0.5, 0.6) is 17.8 Å². The van der Waals surface area contributed by atoms with E-state index in [-0.39, 0.29) is 74.4 Å². The van der Waals surface area contributed by atoms with Gasteiger partial charge in [-0.15, -0.1) is 0 Å². The Bertz CT molecular complexity index is 1750. The van der Waals surface area contributed by atoms with Crippen LogP contribution in [0.1, 0.15) is 130 Å². The minimum atomic E-state index is -5.15. The van der Waals surface area contributed by atoms with Crippen LogP contribution in [0, 0.1) is 17.6 Å². The van der Waals surface area contributed by atoms with Crippen molar-refractivity contribution in [2.24, 2.45) is 16.6 Å². The van der Waals surface area contributed by atoms with E-state index in [1.807, 2.05) is 41.5 Å². The fourth-order valence-electron chi connectivity index (χ4n) is 7.34. The number of aromatic nitrogens is 2. The molecule has 1 heterocycles. The van der Waals surface area contributed by atoms with E-state index < -0.39 is 80.4 Å². The normalized spacial score (nSPS) is 16.7. The Morgan fingerprint density at radius 1 is 0.841 bits per heavy atom. The number of carbonyl (C=O) groups is 2. The van der Waals surface area contributed by atoms with E-state index in [1.165, 1.54) is 0 Å². The van der Waals surface area contributed by atoms with E-state index in [2.05, 4.69) is 15.0 Å². The van der Waals surface area contributed by atoms with E-state index >= 15 is 13.2 Å². The molecule has 354 valence electrons. The summed E-state index contributed by atoms with van der Waals surface area (Å²) in [6.07, 6.45) is -0.574. The SMILES string of the molecule is CCCCOc1nc(OCCCC)c(C(CN(Cc2cc(F)cc(F)c2)C(=O)C(=CN)C(=NC2CCC(C(=O)OCC)CC2)C(F)(F)F)O[Si](CC)(CC)CC)c(OCCCC)n1. The molecule has 1 fully saturated rings. The minimum Gasteiger partial charge on any atom is -0.477 e. The van der Waals surface area contributed by atoms with Crippen molar-refractivity contribution in [3.05, 3.63) is 52.7 Å². The van der Waals surface area contributed by atoms with Crippen molar-refractivity contribution in [1.82, 2.24) is 14.9 Å². The lowest BCUT2D eigenvalue weighted by Gasteiger charge is -2.37. The summed E-state index contributed by atoms with van der Waals surface area (Å²) in [5.74, 6) is -3.89. The molecule has 1 aromatic carbocycles.